The largest absolute Gasteiger partial charge is 0.351 e. The normalized spacial score (nSPS) is 33.1. The number of hydrogen-bond donors (Lipinski definition) is 1. The fourth-order valence-electron chi connectivity index (χ4n) is 3.11. The van der Waals surface area contributed by atoms with Crippen LogP contribution >= 0.6 is 11.6 Å². The zero-order chi connectivity index (χ0) is 11.1. The van der Waals surface area contributed by atoms with E-state index in [0.29, 0.717) is 23.1 Å². The van der Waals surface area contributed by atoms with E-state index < -0.39 is 0 Å². The first kappa shape index (κ1) is 10.4. The van der Waals surface area contributed by atoms with Crippen LogP contribution in [0.25, 0.3) is 0 Å². The second kappa shape index (κ2) is 3.90. The number of anilines is 1. The van der Waals surface area contributed by atoms with Crippen molar-refractivity contribution in [1.82, 2.24) is 4.98 Å². The summed E-state index contributed by atoms with van der Waals surface area (Å²) in [6.07, 6.45) is 6.43. The second-order valence-corrected chi connectivity index (χ2v) is 5.29. The first-order chi connectivity index (χ1) is 7.74. The molecule has 2 aliphatic rings. The van der Waals surface area contributed by atoms with Gasteiger partial charge in [-0.3, -0.25) is 0 Å². The van der Waals surface area contributed by atoms with Gasteiger partial charge in [0.05, 0.1) is 5.02 Å². The summed E-state index contributed by atoms with van der Waals surface area (Å²) in [5.74, 6) is 1.06. The Bertz CT molecular complexity index is 364. The van der Waals surface area contributed by atoms with Crippen LogP contribution in [0.15, 0.2) is 18.3 Å². The molecule has 2 atom stereocenters. The summed E-state index contributed by atoms with van der Waals surface area (Å²) in [6.45, 7) is 0. The first-order valence-electron chi connectivity index (χ1n) is 5.89. The standard InChI is InChI=1S/C12H16ClN3/c13-8-1-4-12(15-7-8)16-10-2-3-11(16)6-9(14)5-10/h1,4,7,9-11H,2-3,5-6,14H2. The summed E-state index contributed by atoms with van der Waals surface area (Å²) >= 11 is 5.86. The van der Waals surface area contributed by atoms with E-state index in [9.17, 15) is 0 Å². The van der Waals surface area contributed by atoms with Crippen LogP contribution in [0.3, 0.4) is 0 Å². The molecular formula is C12H16ClN3. The van der Waals surface area contributed by atoms with Crippen molar-refractivity contribution in [2.75, 3.05) is 4.90 Å². The highest BCUT2D eigenvalue weighted by Gasteiger charge is 2.40. The van der Waals surface area contributed by atoms with Gasteiger partial charge in [0.15, 0.2) is 0 Å². The molecule has 2 saturated heterocycles. The lowest BCUT2D eigenvalue weighted by molar-refractivity contribution is 0.412. The molecular weight excluding hydrogens is 222 g/mol. The van der Waals surface area contributed by atoms with Gasteiger partial charge in [0, 0.05) is 24.3 Å². The SMILES string of the molecule is NC1CC2CCC(C1)N2c1ccc(Cl)cn1. The van der Waals surface area contributed by atoms with Crippen LogP contribution in [-0.4, -0.2) is 23.1 Å². The fourth-order valence-corrected chi connectivity index (χ4v) is 3.23. The molecule has 1 aromatic heterocycles. The molecule has 0 aliphatic carbocycles. The van der Waals surface area contributed by atoms with E-state index >= 15 is 0 Å². The summed E-state index contributed by atoms with van der Waals surface area (Å²) in [5.41, 5.74) is 6.05. The summed E-state index contributed by atoms with van der Waals surface area (Å²) in [7, 11) is 0. The number of nitrogens with zero attached hydrogens (tertiary/aromatic N) is 2. The predicted molar refractivity (Wildman–Crippen MR) is 65.7 cm³/mol. The molecule has 3 rings (SSSR count). The number of aromatic nitrogens is 1. The number of rotatable bonds is 1. The lowest BCUT2D eigenvalue weighted by Crippen LogP contribution is -2.47. The van der Waals surface area contributed by atoms with Crippen molar-refractivity contribution in [2.24, 2.45) is 5.73 Å². The molecule has 2 aliphatic heterocycles. The Labute approximate surface area is 101 Å². The Morgan fingerprint density at radius 3 is 2.50 bits per heavy atom. The average Bonchev–Trinajstić information content (AvgIpc) is 2.54. The maximum atomic E-state index is 6.05. The fraction of sp³-hybridized carbons (Fsp3) is 0.583. The number of fused-ring (bicyclic) bond motifs is 2. The van der Waals surface area contributed by atoms with Crippen molar-refractivity contribution in [1.29, 1.82) is 0 Å². The van der Waals surface area contributed by atoms with Gasteiger partial charge in [-0.2, -0.15) is 0 Å². The molecule has 0 radical (unpaired) electrons. The Kier molecular flexibility index (Phi) is 2.52. The lowest BCUT2D eigenvalue weighted by atomic mass is 9.98. The molecule has 0 spiro atoms. The van der Waals surface area contributed by atoms with Gasteiger partial charge in [0.25, 0.3) is 0 Å². The molecule has 86 valence electrons. The van der Waals surface area contributed by atoms with Crippen LogP contribution in [0, 0.1) is 0 Å². The molecule has 2 fully saturated rings. The minimum Gasteiger partial charge on any atom is -0.351 e. The van der Waals surface area contributed by atoms with Crippen molar-refractivity contribution in [2.45, 2.75) is 43.8 Å². The van der Waals surface area contributed by atoms with Crippen LogP contribution in [0.4, 0.5) is 5.82 Å². The van der Waals surface area contributed by atoms with Crippen LogP contribution < -0.4 is 10.6 Å². The highest BCUT2D eigenvalue weighted by molar-refractivity contribution is 6.30. The number of pyridine rings is 1. The Balaban J connectivity index is 1.88. The molecule has 16 heavy (non-hydrogen) atoms. The maximum absolute atomic E-state index is 6.05. The maximum Gasteiger partial charge on any atom is 0.129 e. The number of nitrogens with two attached hydrogens (primary N) is 1. The van der Waals surface area contributed by atoms with E-state index in [-0.39, 0.29) is 0 Å². The highest BCUT2D eigenvalue weighted by Crippen LogP contribution is 2.37. The van der Waals surface area contributed by atoms with Gasteiger partial charge in [-0.05, 0) is 37.8 Å². The summed E-state index contributed by atoms with van der Waals surface area (Å²) in [6, 6.07) is 5.48. The van der Waals surface area contributed by atoms with Crippen LogP contribution in [-0.2, 0) is 0 Å². The molecule has 3 nitrogen and oxygen atoms in total. The third-order valence-corrected chi connectivity index (χ3v) is 3.97. The average molecular weight is 238 g/mol. The minimum atomic E-state index is 0.376. The van der Waals surface area contributed by atoms with Crippen LogP contribution in [0.2, 0.25) is 5.02 Å². The van der Waals surface area contributed by atoms with E-state index in [4.69, 9.17) is 17.3 Å². The van der Waals surface area contributed by atoms with Gasteiger partial charge in [-0.1, -0.05) is 11.6 Å². The van der Waals surface area contributed by atoms with Gasteiger partial charge in [-0.15, -0.1) is 0 Å². The summed E-state index contributed by atoms with van der Waals surface area (Å²) < 4.78 is 0. The second-order valence-electron chi connectivity index (χ2n) is 4.86. The van der Waals surface area contributed by atoms with Crippen molar-refractivity contribution in [3.05, 3.63) is 23.4 Å². The molecule has 1 aromatic rings. The molecule has 2 N–H and O–H groups in total. The predicted octanol–water partition coefficient (Wildman–Crippen LogP) is 2.19. The highest BCUT2D eigenvalue weighted by atomic mass is 35.5. The van der Waals surface area contributed by atoms with E-state index in [1.807, 2.05) is 12.1 Å². The molecule has 2 unspecified atom stereocenters. The molecule has 3 heterocycles. The van der Waals surface area contributed by atoms with Crippen LogP contribution in [0.1, 0.15) is 25.7 Å². The first-order valence-corrected chi connectivity index (χ1v) is 6.27. The van der Waals surface area contributed by atoms with Gasteiger partial charge >= 0.3 is 0 Å². The van der Waals surface area contributed by atoms with E-state index in [1.54, 1.807) is 6.20 Å². The molecule has 0 aromatic carbocycles. The number of halogens is 1. The van der Waals surface area contributed by atoms with Crippen molar-refractivity contribution in [3.63, 3.8) is 0 Å². The van der Waals surface area contributed by atoms with Gasteiger partial charge in [0.2, 0.25) is 0 Å². The zero-order valence-corrected chi connectivity index (χ0v) is 9.90. The third kappa shape index (κ3) is 1.68. The summed E-state index contributed by atoms with van der Waals surface area (Å²) in [4.78, 5) is 6.87. The van der Waals surface area contributed by atoms with E-state index in [0.717, 1.165) is 18.7 Å². The smallest absolute Gasteiger partial charge is 0.129 e. The minimum absolute atomic E-state index is 0.376. The van der Waals surface area contributed by atoms with Crippen molar-refractivity contribution in [3.8, 4) is 0 Å². The number of piperidine rings is 1. The monoisotopic (exact) mass is 237 g/mol. The van der Waals surface area contributed by atoms with E-state index in [1.165, 1.54) is 12.8 Å². The Morgan fingerprint density at radius 2 is 1.94 bits per heavy atom. The van der Waals surface area contributed by atoms with Crippen molar-refractivity contribution >= 4 is 17.4 Å². The summed E-state index contributed by atoms with van der Waals surface area (Å²) in [5, 5.41) is 0.699. The topological polar surface area (TPSA) is 42.1 Å². The zero-order valence-electron chi connectivity index (χ0n) is 9.14. The molecule has 4 heteroatoms. The Hall–Kier alpha value is -0.800. The Morgan fingerprint density at radius 1 is 1.25 bits per heavy atom. The molecule has 2 bridgehead atoms. The van der Waals surface area contributed by atoms with Gasteiger partial charge in [0.1, 0.15) is 5.82 Å². The quantitative estimate of drug-likeness (QED) is 0.814. The molecule has 0 saturated carbocycles. The van der Waals surface area contributed by atoms with Crippen LogP contribution in [0.5, 0.6) is 0 Å². The van der Waals surface area contributed by atoms with Gasteiger partial charge < -0.3 is 10.6 Å². The van der Waals surface area contributed by atoms with Gasteiger partial charge in [-0.25, -0.2) is 4.98 Å². The van der Waals surface area contributed by atoms with Crippen molar-refractivity contribution < 1.29 is 0 Å². The third-order valence-electron chi connectivity index (χ3n) is 3.75. The lowest BCUT2D eigenvalue weighted by Gasteiger charge is -2.38. The number of hydrogen-bond acceptors (Lipinski definition) is 3. The van der Waals surface area contributed by atoms with E-state index in [2.05, 4.69) is 9.88 Å². The molecule has 0 amide bonds.